The number of carboxylic acid groups (broad SMARTS) is 1. The van der Waals surface area contributed by atoms with Crippen molar-refractivity contribution in [3.05, 3.63) is 0 Å². The van der Waals surface area contributed by atoms with Crippen LogP contribution >= 0.6 is 0 Å². The summed E-state index contributed by atoms with van der Waals surface area (Å²) in [5.74, 6) is -4.17. The number of amides is 4. The maximum Gasteiger partial charge on any atom is 0.326 e. The molecular formula is C20H37N5O6. The van der Waals surface area contributed by atoms with Gasteiger partial charge in [-0.3, -0.25) is 19.2 Å². The zero-order chi connectivity index (χ0) is 24.3. The Bertz CT molecular complexity index is 656. The van der Waals surface area contributed by atoms with Crippen LogP contribution in [0.3, 0.4) is 0 Å². The van der Waals surface area contributed by atoms with Crippen LogP contribution in [0.2, 0.25) is 0 Å². The Morgan fingerprint density at radius 1 is 0.806 bits per heavy atom. The number of carbonyl (C=O) groups is 5. The summed E-state index contributed by atoms with van der Waals surface area (Å²) < 4.78 is 0. The van der Waals surface area contributed by atoms with Gasteiger partial charge in [-0.05, 0) is 25.2 Å². The first-order valence-corrected chi connectivity index (χ1v) is 10.5. The van der Waals surface area contributed by atoms with Crippen molar-refractivity contribution in [3.8, 4) is 0 Å². The second kappa shape index (κ2) is 13.6. The van der Waals surface area contributed by atoms with Gasteiger partial charge in [0, 0.05) is 6.42 Å². The molecule has 4 amide bonds. The lowest BCUT2D eigenvalue weighted by Gasteiger charge is -2.28. The van der Waals surface area contributed by atoms with Crippen LogP contribution in [0.25, 0.3) is 0 Å². The minimum atomic E-state index is -1.15. The highest BCUT2D eigenvalue weighted by Crippen LogP contribution is 2.12. The standard InChI is InChI=1S/C20H37N5O6/c1-6-10(3)15(19(29)25-16(20(30)31)11(4)7-2)24-17(27)12(5)23-18(28)13(21)8-9-14(22)26/h10-13,15-16H,6-9,21H2,1-5H3,(H2,22,26)(H,23,28)(H,24,27)(H,25,29)(H,30,31). The molecule has 0 aromatic carbocycles. The number of hydrogen-bond acceptors (Lipinski definition) is 6. The van der Waals surface area contributed by atoms with E-state index < -0.39 is 53.8 Å². The minimum absolute atomic E-state index is 0.0413. The van der Waals surface area contributed by atoms with Crippen molar-refractivity contribution in [2.24, 2.45) is 23.3 Å². The smallest absolute Gasteiger partial charge is 0.326 e. The highest BCUT2D eigenvalue weighted by molar-refractivity contribution is 5.94. The summed E-state index contributed by atoms with van der Waals surface area (Å²) in [6.07, 6.45) is 1.08. The van der Waals surface area contributed by atoms with Crippen molar-refractivity contribution in [3.63, 3.8) is 0 Å². The number of carboxylic acids is 1. The van der Waals surface area contributed by atoms with Crippen molar-refractivity contribution in [1.29, 1.82) is 0 Å². The molecule has 0 aliphatic rings. The molecule has 0 fully saturated rings. The van der Waals surface area contributed by atoms with E-state index in [0.717, 1.165) is 0 Å². The first-order valence-electron chi connectivity index (χ1n) is 10.5. The molecule has 0 aliphatic heterocycles. The third-order valence-corrected chi connectivity index (χ3v) is 5.36. The molecule has 0 saturated carbocycles. The van der Waals surface area contributed by atoms with E-state index in [9.17, 15) is 29.1 Å². The van der Waals surface area contributed by atoms with Crippen LogP contribution < -0.4 is 27.4 Å². The van der Waals surface area contributed by atoms with Gasteiger partial charge in [0.15, 0.2) is 0 Å². The number of rotatable bonds is 14. The normalized spacial score (nSPS) is 16.7. The molecule has 0 rings (SSSR count). The topological polar surface area (TPSA) is 194 Å². The Hall–Kier alpha value is -2.69. The fraction of sp³-hybridized carbons (Fsp3) is 0.750. The first-order chi connectivity index (χ1) is 14.3. The highest BCUT2D eigenvalue weighted by atomic mass is 16.4. The van der Waals surface area contributed by atoms with Crippen LogP contribution in [0.15, 0.2) is 0 Å². The summed E-state index contributed by atoms with van der Waals surface area (Å²) in [4.78, 5) is 59.8. The van der Waals surface area contributed by atoms with Gasteiger partial charge in [-0.2, -0.15) is 0 Å². The van der Waals surface area contributed by atoms with E-state index in [2.05, 4.69) is 16.0 Å². The van der Waals surface area contributed by atoms with Gasteiger partial charge in [-0.1, -0.05) is 40.5 Å². The number of hydrogen-bond donors (Lipinski definition) is 6. The van der Waals surface area contributed by atoms with E-state index >= 15 is 0 Å². The molecule has 0 radical (unpaired) electrons. The summed E-state index contributed by atoms with van der Waals surface area (Å²) in [5.41, 5.74) is 10.7. The number of primary amides is 1. The largest absolute Gasteiger partial charge is 0.480 e. The maximum atomic E-state index is 12.8. The lowest BCUT2D eigenvalue weighted by Crippen LogP contribution is -2.58. The molecule has 11 nitrogen and oxygen atoms in total. The van der Waals surface area contributed by atoms with Gasteiger partial charge < -0.3 is 32.5 Å². The summed E-state index contributed by atoms with van der Waals surface area (Å²) in [6.45, 7) is 8.56. The highest BCUT2D eigenvalue weighted by Gasteiger charge is 2.33. The molecule has 31 heavy (non-hydrogen) atoms. The lowest BCUT2D eigenvalue weighted by molar-refractivity contribution is -0.144. The predicted molar refractivity (Wildman–Crippen MR) is 114 cm³/mol. The first kappa shape index (κ1) is 28.3. The van der Waals surface area contributed by atoms with Gasteiger partial charge >= 0.3 is 5.97 Å². The fourth-order valence-corrected chi connectivity index (χ4v) is 2.72. The third kappa shape index (κ3) is 9.77. The molecule has 0 aromatic heterocycles. The fourth-order valence-electron chi connectivity index (χ4n) is 2.72. The van der Waals surface area contributed by atoms with Gasteiger partial charge in [0.25, 0.3) is 0 Å². The van der Waals surface area contributed by atoms with Crippen LogP contribution in [0, 0.1) is 11.8 Å². The van der Waals surface area contributed by atoms with Gasteiger partial charge in [0.2, 0.25) is 23.6 Å². The molecule has 0 aliphatic carbocycles. The van der Waals surface area contributed by atoms with Crippen LogP contribution in [0.1, 0.15) is 60.3 Å². The Labute approximate surface area is 183 Å². The summed E-state index contributed by atoms with van der Waals surface area (Å²) in [6, 6.07) is -4.08. The van der Waals surface area contributed by atoms with Crippen molar-refractivity contribution >= 4 is 29.6 Å². The van der Waals surface area contributed by atoms with Crippen molar-refractivity contribution in [2.45, 2.75) is 84.5 Å². The second-order valence-corrected chi connectivity index (χ2v) is 7.92. The summed E-state index contributed by atoms with van der Waals surface area (Å²) >= 11 is 0. The Morgan fingerprint density at radius 3 is 1.74 bits per heavy atom. The van der Waals surface area contributed by atoms with Gasteiger partial charge in [-0.15, -0.1) is 0 Å². The Kier molecular flexibility index (Phi) is 12.4. The Balaban J connectivity index is 5.16. The average Bonchev–Trinajstić information content (AvgIpc) is 2.71. The molecule has 0 saturated heterocycles. The van der Waals surface area contributed by atoms with Gasteiger partial charge in [0.05, 0.1) is 6.04 Å². The van der Waals surface area contributed by atoms with E-state index in [4.69, 9.17) is 11.5 Å². The monoisotopic (exact) mass is 443 g/mol. The molecular weight excluding hydrogens is 406 g/mol. The molecule has 11 heteroatoms. The van der Waals surface area contributed by atoms with Crippen molar-refractivity contribution in [1.82, 2.24) is 16.0 Å². The quantitative estimate of drug-likeness (QED) is 0.203. The third-order valence-electron chi connectivity index (χ3n) is 5.36. The van der Waals surface area contributed by atoms with E-state index in [1.54, 1.807) is 13.8 Å². The molecule has 8 N–H and O–H groups in total. The predicted octanol–water partition coefficient (Wildman–Crippen LogP) is -0.770. The van der Waals surface area contributed by atoms with Crippen molar-refractivity contribution < 1.29 is 29.1 Å². The van der Waals surface area contributed by atoms with E-state index in [0.29, 0.717) is 12.8 Å². The van der Waals surface area contributed by atoms with Gasteiger partial charge in [0.1, 0.15) is 18.1 Å². The molecule has 178 valence electrons. The molecule has 0 bridgehead atoms. The second-order valence-electron chi connectivity index (χ2n) is 7.92. The molecule has 6 atom stereocenters. The summed E-state index contributed by atoms with van der Waals surface area (Å²) in [7, 11) is 0. The zero-order valence-corrected chi connectivity index (χ0v) is 18.9. The molecule has 0 heterocycles. The number of nitrogens with two attached hydrogens (primary N) is 2. The van der Waals surface area contributed by atoms with Crippen LogP contribution in [-0.2, 0) is 24.0 Å². The lowest BCUT2D eigenvalue weighted by atomic mass is 9.95. The maximum absolute atomic E-state index is 12.8. The number of aliphatic carboxylic acids is 1. The minimum Gasteiger partial charge on any atom is -0.480 e. The van der Waals surface area contributed by atoms with Crippen LogP contribution in [0.4, 0.5) is 0 Å². The van der Waals surface area contributed by atoms with Crippen LogP contribution in [0.5, 0.6) is 0 Å². The SMILES string of the molecule is CCC(C)C(NC(=O)C(NC(=O)C(C)NC(=O)C(N)CCC(N)=O)C(C)CC)C(=O)O. The van der Waals surface area contributed by atoms with E-state index in [1.807, 2.05) is 13.8 Å². The Morgan fingerprint density at radius 2 is 1.29 bits per heavy atom. The van der Waals surface area contributed by atoms with Gasteiger partial charge in [-0.25, -0.2) is 4.79 Å². The van der Waals surface area contributed by atoms with Crippen molar-refractivity contribution in [2.75, 3.05) is 0 Å². The molecule has 0 spiro atoms. The van der Waals surface area contributed by atoms with E-state index in [-0.39, 0.29) is 24.7 Å². The number of nitrogens with one attached hydrogen (secondary N) is 3. The van der Waals surface area contributed by atoms with Crippen LogP contribution in [-0.4, -0.2) is 58.9 Å². The van der Waals surface area contributed by atoms with E-state index in [1.165, 1.54) is 6.92 Å². The number of carbonyl (C=O) groups excluding carboxylic acids is 4. The molecule has 0 aromatic rings. The zero-order valence-electron chi connectivity index (χ0n) is 18.9. The summed E-state index contributed by atoms with van der Waals surface area (Å²) in [5, 5.41) is 16.9. The average molecular weight is 444 g/mol. The molecule has 6 unspecified atom stereocenters.